The minimum absolute atomic E-state index is 0.419. The fraction of sp³-hybridized carbons (Fsp3) is 0. The summed E-state index contributed by atoms with van der Waals surface area (Å²) in [6.45, 7) is 0. The van der Waals surface area contributed by atoms with E-state index in [0.717, 1.165) is 21.6 Å². The summed E-state index contributed by atoms with van der Waals surface area (Å²) >= 11 is 3.46. The minimum Gasteiger partial charge on any atom is -0.285 e. The Labute approximate surface area is 158 Å². The molecule has 0 fully saturated rings. The van der Waals surface area contributed by atoms with Crippen molar-refractivity contribution in [2.24, 2.45) is 0 Å². The van der Waals surface area contributed by atoms with Gasteiger partial charge in [0.15, 0.2) is 0 Å². The van der Waals surface area contributed by atoms with Gasteiger partial charge in [0, 0.05) is 25.8 Å². The van der Waals surface area contributed by atoms with Gasteiger partial charge in [-0.15, -0.1) is 22.7 Å². The van der Waals surface area contributed by atoms with Crippen LogP contribution < -0.4 is 0 Å². The molecule has 0 atom stereocenters. The lowest BCUT2D eigenvalue weighted by Gasteiger charge is -2.18. The first-order valence-electron chi connectivity index (χ1n) is 8.19. The molecule has 0 saturated heterocycles. The van der Waals surface area contributed by atoms with Crippen molar-refractivity contribution in [1.29, 1.82) is 0 Å². The number of hydrogen-bond donors (Lipinski definition) is 0. The fourth-order valence-corrected chi connectivity index (χ4v) is 5.16. The topological polar surface area (TPSA) is 34.1 Å². The molecule has 1 aliphatic carbocycles. The minimum atomic E-state index is -0.421. The van der Waals surface area contributed by atoms with Crippen LogP contribution >= 0.6 is 22.7 Å². The monoisotopic (exact) mass is 372 g/mol. The van der Waals surface area contributed by atoms with Crippen LogP contribution in [0.2, 0.25) is 0 Å². The summed E-state index contributed by atoms with van der Waals surface area (Å²) in [6.07, 6.45) is 0. The Hall–Kier alpha value is -2.82. The highest BCUT2D eigenvalue weighted by molar-refractivity contribution is 7.23. The predicted molar refractivity (Wildman–Crippen MR) is 107 cm³/mol. The summed E-state index contributed by atoms with van der Waals surface area (Å²) in [5, 5.41) is 2.08. The van der Waals surface area contributed by atoms with Crippen molar-refractivity contribution >= 4 is 34.2 Å². The van der Waals surface area contributed by atoms with Crippen molar-refractivity contribution in [3.8, 4) is 31.3 Å². The molecule has 4 aromatic rings. The van der Waals surface area contributed by atoms with Crippen LogP contribution in [0.4, 0.5) is 0 Å². The second-order valence-electron chi connectivity index (χ2n) is 6.11. The number of fused-ring (bicyclic) bond motifs is 3. The first kappa shape index (κ1) is 15.4. The molecule has 0 bridgehead atoms. The van der Waals surface area contributed by atoms with E-state index >= 15 is 0 Å². The molecule has 1 aliphatic rings. The van der Waals surface area contributed by atoms with Gasteiger partial charge >= 0.3 is 0 Å². The summed E-state index contributed by atoms with van der Waals surface area (Å²) in [7, 11) is 0. The molecule has 0 unspecified atom stereocenters. The molecule has 124 valence electrons. The second-order valence-corrected chi connectivity index (χ2v) is 8.14. The molecule has 0 spiro atoms. The number of benzene rings is 2. The van der Waals surface area contributed by atoms with Crippen LogP contribution in [0.15, 0.2) is 72.1 Å². The molecule has 2 aromatic heterocycles. The van der Waals surface area contributed by atoms with E-state index in [9.17, 15) is 9.59 Å². The average Bonchev–Trinajstić information content (AvgIpc) is 3.37. The Bertz CT molecular complexity index is 1170. The van der Waals surface area contributed by atoms with Gasteiger partial charge in [-0.25, -0.2) is 0 Å². The molecule has 2 nitrogen and oxygen atoms in total. The number of thiophene rings is 2. The zero-order valence-corrected chi connectivity index (χ0v) is 15.2. The maximum absolute atomic E-state index is 12.4. The van der Waals surface area contributed by atoms with Crippen LogP contribution in [0, 0.1) is 0 Å². The third-order valence-corrected chi connectivity index (χ3v) is 6.79. The maximum Gasteiger partial charge on any atom is 0.234 e. The number of Topliss-reactive ketones (excluding diaryl/α,β-unsaturated/α-hetero) is 2. The van der Waals surface area contributed by atoms with Gasteiger partial charge < -0.3 is 0 Å². The fourth-order valence-electron chi connectivity index (χ4n) is 3.32. The molecule has 4 heteroatoms. The third-order valence-electron chi connectivity index (χ3n) is 4.59. The lowest BCUT2D eigenvalue weighted by molar-refractivity contribution is 0.0815. The van der Waals surface area contributed by atoms with Gasteiger partial charge in [0.2, 0.25) is 11.6 Å². The van der Waals surface area contributed by atoms with E-state index < -0.39 is 11.6 Å². The summed E-state index contributed by atoms with van der Waals surface area (Å²) < 4.78 is 0. The van der Waals surface area contributed by atoms with E-state index in [0.29, 0.717) is 11.1 Å². The van der Waals surface area contributed by atoms with Gasteiger partial charge in [-0.2, -0.15) is 0 Å². The van der Waals surface area contributed by atoms with Gasteiger partial charge in [-0.1, -0.05) is 36.4 Å². The van der Waals surface area contributed by atoms with Crippen LogP contribution in [-0.2, 0) is 0 Å². The lowest BCUT2D eigenvalue weighted by Crippen LogP contribution is -2.21. The van der Waals surface area contributed by atoms with Crippen molar-refractivity contribution in [1.82, 2.24) is 0 Å². The predicted octanol–water partition coefficient (Wildman–Crippen LogP) is 6.19. The zero-order valence-electron chi connectivity index (χ0n) is 13.6. The first-order valence-corrected chi connectivity index (χ1v) is 9.88. The summed E-state index contributed by atoms with van der Waals surface area (Å²) in [6, 6.07) is 21.5. The van der Waals surface area contributed by atoms with E-state index in [2.05, 4.69) is 29.6 Å². The van der Waals surface area contributed by atoms with Crippen LogP contribution in [0.1, 0.15) is 20.7 Å². The normalized spacial score (nSPS) is 12.8. The SMILES string of the molecule is O=C1C(=O)c2ccc(-c3ccc(-c4cccs4)s3)cc2-c2ccccc21. The Kier molecular flexibility index (Phi) is 3.48. The molecule has 5 rings (SSSR count). The van der Waals surface area contributed by atoms with Crippen molar-refractivity contribution in [2.75, 3.05) is 0 Å². The third kappa shape index (κ3) is 2.30. The van der Waals surface area contributed by atoms with Crippen LogP contribution in [0.5, 0.6) is 0 Å². The van der Waals surface area contributed by atoms with E-state index in [1.165, 1.54) is 9.75 Å². The van der Waals surface area contributed by atoms with Crippen LogP contribution in [0.25, 0.3) is 31.3 Å². The Morgan fingerprint density at radius 2 is 1.31 bits per heavy atom. The number of hydrogen-bond acceptors (Lipinski definition) is 4. The van der Waals surface area contributed by atoms with Crippen LogP contribution in [-0.4, -0.2) is 11.6 Å². The second kappa shape index (κ2) is 5.87. The lowest BCUT2D eigenvalue weighted by atomic mass is 9.83. The number of carbonyl (C=O) groups excluding carboxylic acids is 2. The molecule has 0 N–H and O–H groups in total. The van der Waals surface area contributed by atoms with E-state index in [1.807, 2.05) is 24.3 Å². The van der Waals surface area contributed by atoms with Gasteiger partial charge in [-0.3, -0.25) is 9.59 Å². The highest BCUT2D eigenvalue weighted by Crippen LogP contribution is 2.40. The van der Waals surface area contributed by atoms with Crippen molar-refractivity contribution in [2.45, 2.75) is 0 Å². The quantitative estimate of drug-likeness (QED) is 0.393. The highest BCUT2D eigenvalue weighted by atomic mass is 32.1. The van der Waals surface area contributed by atoms with E-state index in [1.54, 1.807) is 40.9 Å². The zero-order chi connectivity index (χ0) is 17.7. The number of carbonyl (C=O) groups is 2. The molecular formula is C22H12O2S2. The van der Waals surface area contributed by atoms with Crippen molar-refractivity contribution in [3.05, 3.63) is 83.2 Å². The highest BCUT2D eigenvalue weighted by Gasteiger charge is 2.30. The first-order chi connectivity index (χ1) is 12.7. The standard InChI is InChI=1S/C22H12O2S2/c23-21-15-5-2-1-4-14(15)17-12-13(7-8-16(17)22(21)24)18-9-10-20(26-18)19-6-3-11-25-19/h1-12H. The smallest absolute Gasteiger partial charge is 0.234 e. The summed E-state index contributed by atoms with van der Waals surface area (Å²) in [4.78, 5) is 28.4. The molecular weight excluding hydrogens is 360 g/mol. The Morgan fingerprint density at radius 1 is 0.577 bits per heavy atom. The molecule has 0 saturated carbocycles. The number of rotatable bonds is 2. The van der Waals surface area contributed by atoms with Crippen molar-refractivity contribution in [3.63, 3.8) is 0 Å². The largest absolute Gasteiger partial charge is 0.285 e. The summed E-state index contributed by atoms with van der Waals surface area (Å²) in [5.74, 6) is -0.840. The molecule has 26 heavy (non-hydrogen) atoms. The molecule has 2 heterocycles. The van der Waals surface area contributed by atoms with Gasteiger partial charge in [0.05, 0.1) is 0 Å². The van der Waals surface area contributed by atoms with Crippen molar-refractivity contribution < 1.29 is 9.59 Å². The van der Waals surface area contributed by atoms with Gasteiger partial charge in [0.25, 0.3) is 0 Å². The Balaban J connectivity index is 1.65. The molecule has 0 aliphatic heterocycles. The van der Waals surface area contributed by atoms with Crippen LogP contribution in [0.3, 0.4) is 0 Å². The van der Waals surface area contributed by atoms with Gasteiger partial charge in [0.1, 0.15) is 0 Å². The summed E-state index contributed by atoms with van der Waals surface area (Å²) in [5.41, 5.74) is 3.73. The molecule has 0 amide bonds. The molecule has 2 aromatic carbocycles. The molecule has 0 radical (unpaired) electrons. The average molecular weight is 372 g/mol. The number of ketones is 2. The Morgan fingerprint density at radius 3 is 2.08 bits per heavy atom. The van der Waals surface area contributed by atoms with E-state index in [-0.39, 0.29) is 0 Å². The van der Waals surface area contributed by atoms with Gasteiger partial charge in [-0.05, 0) is 52.4 Å². The van der Waals surface area contributed by atoms with E-state index in [4.69, 9.17) is 0 Å². The maximum atomic E-state index is 12.4.